The van der Waals surface area contributed by atoms with Crippen molar-refractivity contribution in [1.29, 1.82) is 5.26 Å². The average Bonchev–Trinajstić information content (AvgIpc) is 3.27. The number of rotatable bonds is 6. The molecule has 5 rings (SSSR count). The van der Waals surface area contributed by atoms with Crippen LogP contribution in [-0.4, -0.2) is 35.2 Å². The largest absolute Gasteiger partial charge is 0.490 e. The van der Waals surface area contributed by atoms with Crippen LogP contribution in [0.25, 0.3) is 10.4 Å². The summed E-state index contributed by atoms with van der Waals surface area (Å²) in [6.07, 6.45) is 7.70. The summed E-state index contributed by atoms with van der Waals surface area (Å²) in [5, 5.41) is 11.0. The Balaban J connectivity index is 1.41. The molecule has 2 aliphatic rings. The Bertz CT molecular complexity index is 1240. The summed E-state index contributed by atoms with van der Waals surface area (Å²) in [7, 11) is 1.80. The number of aromatic nitrogens is 1. The Hall–Kier alpha value is -3.50. The molecule has 0 spiro atoms. The summed E-state index contributed by atoms with van der Waals surface area (Å²) in [4.78, 5) is 24.4. The molecule has 3 heterocycles. The number of carbonyl (C=O) groups is 1. The van der Waals surface area contributed by atoms with E-state index in [4.69, 9.17) is 10.00 Å². The molecule has 0 N–H and O–H groups in total. The molecule has 1 fully saturated rings. The number of hydrogen-bond donors (Lipinski definition) is 0. The van der Waals surface area contributed by atoms with Gasteiger partial charge in [0.15, 0.2) is 0 Å². The van der Waals surface area contributed by atoms with E-state index in [2.05, 4.69) is 16.0 Å². The van der Waals surface area contributed by atoms with Gasteiger partial charge < -0.3 is 9.64 Å². The van der Waals surface area contributed by atoms with E-state index in [1.165, 1.54) is 11.3 Å². The maximum atomic E-state index is 13.2. The Morgan fingerprint density at radius 2 is 2.19 bits per heavy atom. The van der Waals surface area contributed by atoms with Gasteiger partial charge in [-0.25, -0.2) is 0 Å². The second-order valence-corrected chi connectivity index (χ2v) is 8.75. The molecule has 1 saturated carbocycles. The second kappa shape index (κ2) is 7.97. The van der Waals surface area contributed by atoms with Crippen LogP contribution in [0.1, 0.15) is 45.5 Å². The fourth-order valence-electron chi connectivity index (χ4n) is 3.63. The predicted octanol–water partition coefficient (Wildman–Crippen LogP) is 4.43. The minimum atomic E-state index is -0.0763. The van der Waals surface area contributed by atoms with Crippen molar-refractivity contribution in [3.05, 3.63) is 69.9 Å². The zero-order valence-corrected chi connectivity index (χ0v) is 17.9. The number of ether oxygens (including phenoxy) is 1. The molecule has 154 valence electrons. The molecule has 6 nitrogen and oxygen atoms in total. The first-order chi connectivity index (χ1) is 15.1. The highest BCUT2D eigenvalue weighted by atomic mass is 32.1. The van der Waals surface area contributed by atoms with Crippen molar-refractivity contribution in [2.45, 2.75) is 32.0 Å². The molecule has 1 aliphatic heterocycles. The Kier molecular flexibility index (Phi) is 5.00. The summed E-state index contributed by atoms with van der Waals surface area (Å²) >= 11 is 1.51. The second-order valence-electron chi connectivity index (χ2n) is 7.84. The van der Waals surface area contributed by atoms with E-state index in [9.17, 15) is 4.79 Å². The third-order valence-electron chi connectivity index (χ3n) is 5.45. The number of nitriles is 1. The Morgan fingerprint density at radius 1 is 1.32 bits per heavy atom. The smallest absolute Gasteiger partial charge is 0.254 e. The van der Waals surface area contributed by atoms with Crippen LogP contribution in [0.3, 0.4) is 0 Å². The van der Waals surface area contributed by atoms with Gasteiger partial charge in [-0.2, -0.15) is 5.26 Å². The first kappa shape index (κ1) is 19.5. The van der Waals surface area contributed by atoms with Gasteiger partial charge in [-0.1, -0.05) is 0 Å². The molecular formula is C24H20N4O2S. The number of carbonyl (C=O) groups excluding carboxylic acids is 1. The quantitative estimate of drug-likeness (QED) is 0.582. The summed E-state index contributed by atoms with van der Waals surface area (Å²) in [5.41, 5.74) is 5.30. The summed E-state index contributed by atoms with van der Waals surface area (Å²) in [5.74, 6) is 0.622. The molecule has 0 unspecified atom stereocenters. The fraction of sp³-hybridized carbons (Fsp3) is 0.250. The fourth-order valence-corrected chi connectivity index (χ4v) is 4.50. The normalized spacial score (nSPS) is 14.2. The van der Waals surface area contributed by atoms with Gasteiger partial charge in [0, 0.05) is 59.1 Å². The number of thiophene rings is 1. The van der Waals surface area contributed by atoms with E-state index in [1.54, 1.807) is 18.1 Å². The zero-order chi connectivity index (χ0) is 21.4. The lowest BCUT2D eigenvalue weighted by Gasteiger charge is -2.20. The van der Waals surface area contributed by atoms with Crippen molar-refractivity contribution < 1.29 is 9.53 Å². The molecule has 3 aromatic rings. The molecule has 0 bridgehead atoms. The minimum Gasteiger partial charge on any atom is -0.490 e. The highest BCUT2D eigenvalue weighted by Gasteiger charge is 2.26. The Labute approximate surface area is 184 Å². The van der Waals surface area contributed by atoms with Crippen LogP contribution in [0.4, 0.5) is 0 Å². The molecule has 1 amide bonds. The van der Waals surface area contributed by atoms with Gasteiger partial charge in [0.05, 0.1) is 18.2 Å². The van der Waals surface area contributed by atoms with E-state index >= 15 is 0 Å². The molecule has 2 aromatic heterocycles. The van der Waals surface area contributed by atoms with E-state index in [0.717, 1.165) is 40.0 Å². The highest BCUT2D eigenvalue weighted by Crippen LogP contribution is 2.38. The third kappa shape index (κ3) is 3.94. The van der Waals surface area contributed by atoms with E-state index in [1.807, 2.05) is 42.1 Å². The van der Waals surface area contributed by atoms with Gasteiger partial charge in [-0.3, -0.25) is 14.8 Å². The molecule has 0 radical (unpaired) electrons. The molecule has 1 aliphatic carbocycles. The SMILES string of the molecule is CN(Cc1cncc2c1CN=C2)C(=O)c1ccc(-c2cc(C#N)cs2)c(OC2CC2)c1. The summed E-state index contributed by atoms with van der Waals surface area (Å²) < 4.78 is 6.13. The van der Waals surface area contributed by atoms with E-state index < -0.39 is 0 Å². The van der Waals surface area contributed by atoms with Crippen LogP contribution < -0.4 is 4.74 Å². The van der Waals surface area contributed by atoms with Crippen LogP contribution in [0, 0.1) is 11.3 Å². The molecule has 1 aromatic carbocycles. The van der Waals surface area contributed by atoms with Gasteiger partial charge in [-0.05, 0) is 48.2 Å². The number of hydrogen-bond acceptors (Lipinski definition) is 6. The van der Waals surface area contributed by atoms with Gasteiger partial charge in [0.25, 0.3) is 5.91 Å². The van der Waals surface area contributed by atoms with Crippen LogP contribution in [-0.2, 0) is 13.1 Å². The summed E-state index contributed by atoms with van der Waals surface area (Å²) in [6.45, 7) is 1.10. The molecule has 0 saturated heterocycles. The predicted molar refractivity (Wildman–Crippen MR) is 119 cm³/mol. The molecule has 7 heteroatoms. The van der Waals surface area contributed by atoms with Crippen LogP contribution >= 0.6 is 11.3 Å². The van der Waals surface area contributed by atoms with E-state index in [-0.39, 0.29) is 12.0 Å². The van der Waals surface area contributed by atoms with Gasteiger partial charge >= 0.3 is 0 Å². The Morgan fingerprint density at radius 3 is 2.97 bits per heavy atom. The highest BCUT2D eigenvalue weighted by molar-refractivity contribution is 7.13. The lowest BCUT2D eigenvalue weighted by atomic mass is 10.1. The average molecular weight is 429 g/mol. The van der Waals surface area contributed by atoms with Crippen LogP contribution in [0.5, 0.6) is 5.75 Å². The van der Waals surface area contributed by atoms with Crippen LogP contribution in [0.15, 0.2) is 47.0 Å². The van der Waals surface area contributed by atoms with Gasteiger partial charge in [-0.15, -0.1) is 11.3 Å². The third-order valence-corrected chi connectivity index (χ3v) is 6.42. The molecule has 0 atom stereocenters. The first-order valence-corrected chi connectivity index (χ1v) is 11.0. The minimum absolute atomic E-state index is 0.0763. The number of pyridine rings is 1. The van der Waals surface area contributed by atoms with Crippen molar-refractivity contribution in [1.82, 2.24) is 9.88 Å². The van der Waals surface area contributed by atoms with Gasteiger partial charge in [0.1, 0.15) is 11.8 Å². The first-order valence-electron chi connectivity index (χ1n) is 10.1. The van der Waals surface area contributed by atoms with Crippen molar-refractivity contribution in [2.24, 2.45) is 4.99 Å². The topological polar surface area (TPSA) is 78.6 Å². The zero-order valence-electron chi connectivity index (χ0n) is 17.0. The maximum absolute atomic E-state index is 13.2. The van der Waals surface area contributed by atoms with Crippen molar-refractivity contribution >= 4 is 23.5 Å². The van der Waals surface area contributed by atoms with Crippen LogP contribution in [0.2, 0.25) is 0 Å². The van der Waals surface area contributed by atoms with Crippen molar-refractivity contribution in [3.8, 4) is 22.3 Å². The van der Waals surface area contributed by atoms with Gasteiger partial charge in [0.2, 0.25) is 0 Å². The number of amides is 1. The summed E-state index contributed by atoms with van der Waals surface area (Å²) in [6, 6.07) is 9.61. The number of benzene rings is 1. The number of nitrogens with zero attached hydrogens (tertiary/aromatic N) is 4. The number of aliphatic imine (C=N–C) groups is 1. The maximum Gasteiger partial charge on any atom is 0.254 e. The van der Waals surface area contributed by atoms with E-state index in [0.29, 0.717) is 30.0 Å². The lowest BCUT2D eigenvalue weighted by molar-refractivity contribution is 0.0784. The van der Waals surface area contributed by atoms with Crippen molar-refractivity contribution in [3.63, 3.8) is 0 Å². The molecular weight excluding hydrogens is 408 g/mol. The monoisotopic (exact) mass is 428 g/mol. The lowest BCUT2D eigenvalue weighted by Crippen LogP contribution is -2.27. The number of fused-ring (bicyclic) bond motifs is 1. The van der Waals surface area contributed by atoms with Crippen molar-refractivity contribution in [2.75, 3.05) is 7.05 Å². The molecule has 31 heavy (non-hydrogen) atoms. The standard InChI is InChI=1S/C24H20N4O2S/c1-28(13-18-11-26-9-17-10-27-12-21(17)18)24(29)16-2-5-20(22(7-16)30-19-3-4-19)23-6-15(8-25)14-31-23/h2,5-7,9-11,14,19H,3-4,12-13H2,1H3.